The van der Waals surface area contributed by atoms with Gasteiger partial charge in [-0.05, 0) is 43.0 Å². The van der Waals surface area contributed by atoms with Gasteiger partial charge in [-0.1, -0.05) is 6.07 Å². The maximum absolute atomic E-state index is 12.0. The van der Waals surface area contributed by atoms with Crippen LogP contribution in [0.15, 0.2) is 36.5 Å². The lowest BCUT2D eigenvalue weighted by Crippen LogP contribution is -2.22. The number of nitrogens with zero attached hydrogens (tertiary/aromatic N) is 1. The van der Waals surface area contributed by atoms with Crippen LogP contribution in [-0.4, -0.2) is 22.0 Å². The van der Waals surface area contributed by atoms with E-state index in [0.29, 0.717) is 5.56 Å². The second-order valence-corrected chi connectivity index (χ2v) is 4.56. The van der Waals surface area contributed by atoms with Crippen LogP contribution in [0.3, 0.4) is 0 Å². The van der Waals surface area contributed by atoms with Crippen LogP contribution in [0.1, 0.15) is 23.2 Å². The molecule has 1 N–H and O–H groups in total. The summed E-state index contributed by atoms with van der Waals surface area (Å²) in [5.41, 5.74) is 1.44. The van der Waals surface area contributed by atoms with Gasteiger partial charge in [-0.2, -0.15) is 0 Å². The number of pyridine rings is 1. The first-order chi connectivity index (χ1) is 8.25. The standard InChI is InChI=1S/C14H13NO2/c16-13(9-3-4-9)14(17)11-5-6-12-10(8-11)2-1-7-15-12/h1-2,5-9,13,16H,3-4H2. The predicted molar refractivity (Wildman–Crippen MR) is 64.8 cm³/mol. The molecule has 1 fully saturated rings. The minimum Gasteiger partial charge on any atom is -0.385 e. The van der Waals surface area contributed by atoms with Crippen LogP contribution in [0.25, 0.3) is 10.9 Å². The van der Waals surface area contributed by atoms with Crippen molar-refractivity contribution in [2.24, 2.45) is 5.92 Å². The number of benzene rings is 1. The van der Waals surface area contributed by atoms with Crippen molar-refractivity contribution < 1.29 is 9.90 Å². The number of carbonyl (C=O) groups is 1. The highest BCUT2D eigenvalue weighted by Gasteiger charge is 2.34. The molecule has 3 heteroatoms. The van der Waals surface area contributed by atoms with E-state index in [4.69, 9.17) is 0 Å². The second kappa shape index (κ2) is 3.93. The van der Waals surface area contributed by atoms with Gasteiger partial charge in [0.1, 0.15) is 6.10 Å². The third-order valence-electron chi connectivity index (χ3n) is 3.22. The van der Waals surface area contributed by atoms with E-state index in [1.54, 1.807) is 18.3 Å². The van der Waals surface area contributed by atoms with E-state index in [2.05, 4.69) is 4.98 Å². The van der Waals surface area contributed by atoms with Gasteiger partial charge in [0, 0.05) is 17.1 Å². The number of hydrogen-bond acceptors (Lipinski definition) is 3. The molecule has 0 amide bonds. The van der Waals surface area contributed by atoms with Crippen molar-refractivity contribution in [2.75, 3.05) is 0 Å². The van der Waals surface area contributed by atoms with Gasteiger partial charge in [0.05, 0.1) is 5.52 Å². The summed E-state index contributed by atoms with van der Waals surface area (Å²) in [6, 6.07) is 9.12. The van der Waals surface area contributed by atoms with Crippen molar-refractivity contribution in [2.45, 2.75) is 18.9 Å². The lowest BCUT2D eigenvalue weighted by molar-refractivity contribution is 0.0704. The Hall–Kier alpha value is -1.74. The molecule has 1 aliphatic carbocycles. The highest BCUT2D eigenvalue weighted by atomic mass is 16.3. The summed E-state index contributed by atoms with van der Waals surface area (Å²) in [4.78, 5) is 16.2. The Morgan fingerprint density at radius 3 is 2.94 bits per heavy atom. The van der Waals surface area contributed by atoms with E-state index in [1.165, 1.54) is 0 Å². The van der Waals surface area contributed by atoms with Gasteiger partial charge in [-0.15, -0.1) is 0 Å². The summed E-state index contributed by atoms with van der Waals surface area (Å²) < 4.78 is 0. The molecule has 2 aromatic rings. The zero-order valence-corrected chi connectivity index (χ0v) is 9.34. The van der Waals surface area contributed by atoms with E-state index >= 15 is 0 Å². The lowest BCUT2D eigenvalue weighted by Gasteiger charge is -2.08. The number of Topliss-reactive ketones (excluding diaryl/α,β-unsaturated/α-hetero) is 1. The fraction of sp³-hybridized carbons (Fsp3) is 0.286. The minimum atomic E-state index is -0.830. The van der Waals surface area contributed by atoms with Crippen LogP contribution < -0.4 is 0 Å². The van der Waals surface area contributed by atoms with Gasteiger partial charge in [0.25, 0.3) is 0 Å². The molecule has 1 aromatic carbocycles. The summed E-state index contributed by atoms with van der Waals surface area (Å²) in [6.45, 7) is 0. The predicted octanol–water partition coefficient (Wildman–Crippen LogP) is 2.19. The van der Waals surface area contributed by atoms with Gasteiger partial charge in [0.15, 0.2) is 5.78 Å². The number of rotatable bonds is 3. The SMILES string of the molecule is O=C(c1ccc2ncccc2c1)C(O)C1CC1. The first-order valence-electron chi connectivity index (χ1n) is 5.83. The normalized spacial score (nSPS) is 17.0. The molecule has 1 aromatic heterocycles. The molecule has 1 unspecified atom stereocenters. The summed E-state index contributed by atoms with van der Waals surface area (Å²) in [5, 5.41) is 10.7. The van der Waals surface area contributed by atoms with Crippen molar-refractivity contribution in [1.82, 2.24) is 4.98 Å². The van der Waals surface area contributed by atoms with Gasteiger partial charge >= 0.3 is 0 Å². The second-order valence-electron chi connectivity index (χ2n) is 4.56. The number of fused-ring (bicyclic) bond motifs is 1. The molecule has 1 saturated carbocycles. The lowest BCUT2D eigenvalue weighted by atomic mass is 10.0. The Morgan fingerprint density at radius 1 is 1.35 bits per heavy atom. The van der Waals surface area contributed by atoms with Gasteiger partial charge in [0.2, 0.25) is 0 Å². The summed E-state index contributed by atoms with van der Waals surface area (Å²) in [7, 11) is 0. The smallest absolute Gasteiger partial charge is 0.191 e. The van der Waals surface area contributed by atoms with Crippen LogP contribution in [0.2, 0.25) is 0 Å². The maximum Gasteiger partial charge on any atom is 0.191 e. The molecule has 3 rings (SSSR count). The quantitative estimate of drug-likeness (QED) is 0.818. The molecule has 0 aliphatic heterocycles. The highest BCUT2D eigenvalue weighted by molar-refractivity contribution is 6.02. The Morgan fingerprint density at radius 2 is 2.18 bits per heavy atom. The minimum absolute atomic E-state index is 0.168. The Kier molecular flexibility index (Phi) is 2.41. The van der Waals surface area contributed by atoms with Crippen molar-refractivity contribution >= 4 is 16.7 Å². The van der Waals surface area contributed by atoms with E-state index in [-0.39, 0.29) is 11.7 Å². The molecule has 0 spiro atoms. The molecule has 3 nitrogen and oxygen atoms in total. The third-order valence-corrected chi connectivity index (χ3v) is 3.22. The largest absolute Gasteiger partial charge is 0.385 e. The Bertz CT molecular complexity index is 575. The van der Waals surface area contributed by atoms with Crippen molar-refractivity contribution in [3.05, 3.63) is 42.1 Å². The van der Waals surface area contributed by atoms with E-state index in [0.717, 1.165) is 23.7 Å². The van der Waals surface area contributed by atoms with Crippen LogP contribution in [0.4, 0.5) is 0 Å². The monoisotopic (exact) mass is 227 g/mol. The first-order valence-corrected chi connectivity index (χ1v) is 5.83. The summed E-state index contributed by atoms with van der Waals surface area (Å²) in [5.74, 6) is 0.00495. The average Bonchev–Trinajstić information content (AvgIpc) is 3.21. The maximum atomic E-state index is 12.0. The number of carbonyl (C=O) groups excluding carboxylic acids is 1. The zero-order chi connectivity index (χ0) is 11.8. The average molecular weight is 227 g/mol. The van der Waals surface area contributed by atoms with Gasteiger partial charge in [-0.25, -0.2) is 0 Å². The molecule has 1 heterocycles. The molecule has 0 bridgehead atoms. The van der Waals surface area contributed by atoms with Crippen molar-refractivity contribution in [3.8, 4) is 0 Å². The molecule has 86 valence electrons. The zero-order valence-electron chi connectivity index (χ0n) is 9.34. The number of hydrogen-bond donors (Lipinski definition) is 1. The van der Waals surface area contributed by atoms with E-state index in [9.17, 15) is 9.90 Å². The van der Waals surface area contributed by atoms with E-state index in [1.807, 2.05) is 18.2 Å². The number of aliphatic hydroxyl groups is 1. The number of aromatic nitrogens is 1. The molecular weight excluding hydrogens is 214 g/mol. The Balaban J connectivity index is 1.97. The van der Waals surface area contributed by atoms with Gasteiger partial charge < -0.3 is 5.11 Å². The van der Waals surface area contributed by atoms with Crippen LogP contribution in [-0.2, 0) is 0 Å². The molecular formula is C14H13NO2. The fourth-order valence-electron chi connectivity index (χ4n) is 2.03. The van der Waals surface area contributed by atoms with Crippen molar-refractivity contribution in [1.29, 1.82) is 0 Å². The Labute approximate surface area is 99.1 Å². The van der Waals surface area contributed by atoms with Crippen molar-refractivity contribution in [3.63, 3.8) is 0 Å². The van der Waals surface area contributed by atoms with Crippen LogP contribution in [0.5, 0.6) is 0 Å². The number of aliphatic hydroxyl groups excluding tert-OH is 1. The van der Waals surface area contributed by atoms with Crippen LogP contribution >= 0.6 is 0 Å². The molecule has 0 saturated heterocycles. The summed E-state index contributed by atoms with van der Waals surface area (Å²) in [6.07, 6.45) is 2.82. The topological polar surface area (TPSA) is 50.2 Å². The molecule has 1 aliphatic rings. The molecule has 1 atom stereocenters. The van der Waals surface area contributed by atoms with E-state index < -0.39 is 6.10 Å². The van der Waals surface area contributed by atoms with Gasteiger partial charge in [-0.3, -0.25) is 9.78 Å². The molecule has 17 heavy (non-hydrogen) atoms. The third kappa shape index (κ3) is 1.94. The first kappa shape index (κ1) is 10.4. The summed E-state index contributed by atoms with van der Waals surface area (Å²) >= 11 is 0. The number of ketones is 1. The fourth-order valence-corrected chi connectivity index (χ4v) is 2.03. The highest BCUT2D eigenvalue weighted by Crippen LogP contribution is 2.34. The molecule has 0 radical (unpaired) electrons. The van der Waals surface area contributed by atoms with Crippen LogP contribution in [0, 0.1) is 5.92 Å².